The fourth-order valence-electron chi connectivity index (χ4n) is 2.74. The van der Waals surface area contributed by atoms with E-state index in [1.54, 1.807) is 6.20 Å². The number of anilines is 2. The minimum Gasteiger partial charge on any atom is -0.378 e. The van der Waals surface area contributed by atoms with Crippen LogP contribution in [0.1, 0.15) is 27.2 Å². The summed E-state index contributed by atoms with van der Waals surface area (Å²) in [6, 6.07) is 5.94. The Hall–Kier alpha value is -2.47. The Kier molecular flexibility index (Phi) is 4.76. The molecule has 6 nitrogen and oxygen atoms in total. The largest absolute Gasteiger partial charge is 0.378 e. The van der Waals surface area contributed by atoms with E-state index in [4.69, 9.17) is 4.74 Å². The molecule has 0 radical (unpaired) electrons. The first-order valence-electron chi connectivity index (χ1n) is 8.09. The molecule has 24 heavy (non-hydrogen) atoms. The summed E-state index contributed by atoms with van der Waals surface area (Å²) in [4.78, 5) is 23.5. The summed E-state index contributed by atoms with van der Waals surface area (Å²) in [5, 5.41) is 2.94. The standard InChI is InChI=1S/C18H22N4O2/c1-12-4-5-16(13(2)10-12)21-17(23)15-11-19-18(20-14(15)3)22-6-8-24-9-7-22/h4-5,10-11H,6-9H2,1-3H3,(H,21,23). The van der Waals surface area contributed by atoms with E-state index >= 15 is 0 Å². The van der Waals surface area contributed by atoms with Crippen molar-refractivity contribution >= 4 is 17.5 Å². The smallest absolute Gasteiger partial charge is 0.259 e. The maximum Gasteiger partial charge on any atom is 0.259 e. The number of rotatable bonds is 3. The normalized spacial score (nSPS) is 14.5. The summed E-state index contributed by atoms with van der Waals surface area (Å²) in [5.74, 6) is 0.465. The van der Waals surface area contributed by atoms with Crippen molar-refractivity contribution in [2.75, 3.05) is 36.5 Å². The molecule has 6 heteroatoms. The number of aromatic nitrogens is 2. The molecule has 1 N–H and O–H groups in total. The highest BCUT2D eigenvalue weighted by Crippen LogP contribution is 2.18. The van der Waals surface area contributed by atoms with E-state index in [0.717, 1.165) is 24.3 Å². The van der Waals surface area contributed by atoms with Gasteiger partial charge in [0, 0.05) is 25.0 Å². The SMILES string of the molecule is Cc1ccc(NC(=O)c2cnc(N3CCOCC3)nc2C)c(C)c1. The highest BCUT2D eigenvalue weighted by atomic mass is 16.5. The minimum absolute atomic E-state index is 0.187. The van der Waals surface area contributed by atoms with Gasteiger partial charge >= 0.3 is 0 Å². The fraction of sp³-hybridized carbons (Fsp3) is 0.389. The van der Waals surface area contributed by atoms with Gasteiger partial charge in [0.2, 0.25) is 5.95 Å². The van der Waals surface area contributed by atoms with Crippen molar-refractivity contribution in [2.24, 2.45) is 0 Å². The highest BCUT2D eigenvalue weighted by molar-refractivity contribution is 6.05. The third-order valence-electron chi connectivity index (χ3n) is 4.14. The maximum absolute atomic E-state index is 12.5. The molecule has 126 valence electrons. The molecule has 0 unspecified atom stereocenters. The molecular formula is C18H22N4O2. The summed E-state index contributed by atoms with van der Waals surface area (Å²) in [7, 11) is 0. The van der Waals surface area contributed by atoms with Crippen molar-refractivity contribution in [1.82, 2.24) is 9.97 Å². The van der Waals surface area contributed by atoms with Crippen molar-refractivity contribution in [3.63, 3.8) is 0 Å². The van der Waals surface area contributed by atoms with Crippen molar-refractivity contribution in [2.45, 2.75) is 20.8 Å². The third kappa shape index (κ3) is 3.54. The van der Waals surface area contributed by atoms with Gasteiger partial charge < -0.3 is 15.0 Å². The molecule has 0 atom stereocenters. The van der Waals surface area contributed by atoms with Gasteiger partial charge in [-0.15, -0.1) is 0 Å². The molecule has 0 bridgehead atoms. The first-order chi connectivity index (χ1) is 11.5. The van der Waals surface area contributed by atoms with Crippen LogP contribution in [0.4, 0.5) is 11.6 Å². The van der Waals surface area contributed by atoms with Gasteiger partial charge in [0.15, 0.2) is 0 Å². The van der Waals surface area contributed by atoms with E-state index in [1.165, 1.54) is 5.56 Å². The van der Waals surface area contributed by atoms with Gasteiger partial charge in [-0.1, -0.05) is 17.7 Å². The number of benzene rings is 1. The first kappa shape index (κ1) is 16.4. The summed E-state index contributed by atoms with van der Waals surface area (Å²) in [6.45, 7) is 8.74. The Morgan fingerprint density at radius 2 is 1.96 bits per heavy atom. The van der Waals surface area contributed by atoms with Gasteiger partial charge in [-0.3, -0.25) is 4.79 Å². The highest BCUT2D eigenvalue weighted by Gasteiger charge is 2.17. The molecule has 1 fully saturated rings. The van der Waals surface area contributed by atoms with Crippen LogP contribution in [0.2, 0.25) is 0 Å². The van der Waals surface area contributed by atoms with Crippen molar-refractivity contribution in [1.29, 1.82) is 0 Å². The molecule has 2 heterocycles. The molecule has 0 saturated carbocycles. The molecule has 0 aliphatic carbocycles. The van der Waals surface area contributed by atoms with E-state index in [9.17, 15) is 4.79 Å². The van der Waals surface area contributed by atoms with Crippen LogP contribution in [-0.2, 0) is 4.74 Å². The number of aryl methyl sites for hydroxylation is 3. The van der Waals surface area contributed by atoms with Gasteiger partial charge in [-0.05, 0) is 32.4 Å². The number of nitrogens with zero attached hydrogens (tertiary/aromatic N) is 3. The number of amides is 1. The lowest BCUT2D eigenvalue weighted by Gasteiger charge is -2.27. The van der Waals surface area contributed by atoms with E-state index in [-0.39, 0.29) is 5.91 Å². The molecule has 2 aromatic rings. The molecular weight excluding hydrogens is 304 g/mol. The van der Waals surface area contributed by atoms with E-state index in [1.807, 2.05) is 39.0 Å². The van der Waals surface area contributed by atoms with E-state index in [2.05, 4.69) is 20.2 Å². The predicted octanol–water partition coefficient (Wildman–Crippen LogP) is 2.49. The lowest BCUT2D eigenvalue weighted by molar-refractivity contribution is 0.102. The van der Waals surface area contributed by atoms with Crippen LogP contribution in [-0.4, -0.2) is 42.2 Å². The average Bonchev–Trinajstić information content (AvgIpc) is 2.58. The van der Waals surface area contributed by atoms with Crippen molar-refractivity contribution in [3.8, 4) is 0 Å². The Labute approximate surface area is 141 Å². The topological polar surface area (TPSA) is 67.4 Å². The maximum atomic E-state index is 12.5. The van der Waals surface area contributed by atoms with Crippen molar-refractivity contribution in [3.05, 3.63) is 46.8 Å². The monoisotopic (exact) mass is 326 g/mol. The number of hydrogen-bond acceptors (Lipinski definition) is 5. The summed E-state index contributed by atoms with van der Waals surface area (Å²) in [6.07, 6.45) is 1.60. The molecule has 1 aliphatic rings. The predicted molar refractivity (Wildman–Crippen MR) is 93.7 cm³/mol. The van der Waals surface area contributed by atoms with Crippen LogP contribution in [0, 0.1) is 20.8 Å². The quantitative estimate of drug-likeness (QED) is 0.938. The van der Waals surface area contributed by atoms with Crippen LogP contribution in [0.5, 0.6) is 0 Å². The summed E-state index contributed by atoms with van der Waals surface area (Å²) >= 11 is 0. The lowest BCUT2D eigenvalue weighted by Crippen LogP contribution is -2.37. The zero-order chi connectivity index (χ0) is 17.1. The van der Waals surface area contributed by atoms with Crippen LogP contribution < -0.4 is 10.2 Å². The number of nitrogens with one attached hydrogen (secondary N) is 1. The van der Waals surface area contributed by atoms with Gasteiger partial charge in [0.1, 0.15) is 0 Å². The van der Waals surface area contributed by atoms with Gasteiger partial charge in [0.05, 0.1) is 24.5 Å². The van der Waals surface area contributed by atoms with Crippen LogP contribution in [0.3, 0.4) is 0 Å². The Morgan fingerprint density at radius 1 is 1.21 bits per heavy atom. The Balaban J connectivity index is 1.77. The summed E-state index contributed by atoms with van der Waals surface area (Å²) < 4.78 is 5.34. The molecule has 0 spiro atoms. The number of ether oxygens (including phenoxy) is 1. The Morgan fingerprint density at radius 3 is 2.62 bits per heavy atom. The number of carbonyl (C=O) groups is 1. The minimum atomic E-state index is -0.187. The zero-order valence-electron chi connectivity index (χ0n) is 14.3. The molecule has 1 aromatic heterocycles. The second-order valence-corrected chi connectivity index (χ2v) is 6.04. The first-order valence-corrected chi connectivity index (χ1v) is 8.09. The molecule has 1 aromatic carbocycles. The number of hydrogen-bond donors (Lipinski definition) is 1. The summed E-state index contributed by atoms with van der Waals surface area (Å²) in [5.41, 5.74) is 4.18. The van der Waals surface area contributed by atoms with E-state index < -0.39 is 0 Å². The second-order valence-electron chi connectivity index (χ2n) is 6.04. The third-order valence-corrected chi connectivity index (χ3v) is 4.14. The van der Waals surface area contributed by atoms with Crippen LogP contribution in [0.25, 0.3) is 0 Å². The number of carbonyl (C=O) groups excluding carboxylic acids is 1. The average molecular weight is 326 g/mol. The number of morpholine rings is 1. The van der Waals surface area contributed by atoms with Gasteiger partial charge in [0.25, 0.3) is 5.91 Å². The zero-order valence-corrected chi connectivity index (χ0v) is 14.3. The Bertz CT molecular complexity index is 755. The van der Waals surface area contributed by atoms with Crippen LogP contribution >= 0.6 is 0 Å². The van der Waals surface area contributed by atoms with Gasteiger partial charge in [-0.2, -0.15) is 0 Å². The van der Waals surface area contributed by atoms with Crippen LogP contribution in [0.15, 0.2) is 24.4 Å². The lowest BCUT2D eigenvalue weighted by atomic mass is 10.1. The van der Waals surface area contributed by atoms with Gasteiger partial charge in [-0.25, -0.2) is 9.97 Å². The molecule has 3 rings (SSSR count). The fourth-order valence-corrected chi connectivity index (χ4v) is 2.74. The second kappa shape index (κ2) is 6.97. The molecule has 1 aliphatic heterocycles. The van der Waals surface area contributed by atoms with Crippen molar-refractivity contribution < 1.29 is 9.53 Å². The molecule has 1 amide bonds. The molecule has 1 saturated heterocycles. The van der Waals surface area contributed by atoms with E-state index in [0.29, 0.717) is 30.4 Å².